The van der Waals surface area contributed by atoms with Gasteiger partial charge in [-0.2, -0.15) is 9.40 Å². The van der Waals surface area contributed by atoms with E-state index in [4.69, 9.17) is 27.9 Å². The standard InChI is InChI=1S/C24H21Cl2N3O5S/c1-28(14-15-11-16(25)7-8-23(15)34-2)35(32,33)24-12-17(21(30)13-22(24)31)19-9-10-27-29(19)20-6-4-3-5-18(20)26/h3-13,30-31H,14H2,1-2H3. The van der Waals surface area contributed by atoms with Crippen molar-refractivity contribution in [2.24, 2.45) is 0 Å². The number of benzene rings is 3. The highest BCUT2D eigenvalue weighted by molar-refractivity contribution is 7.89. The van der Waals surface area contributed by atoms with Crippen molar-refractivity contribution in [2.75, 3.05) is 14.2 Å². The fourth-order valence-electron chi connectivity index (χ4n) is 3.66. The zero-order valence-corrected chi connectivity index (χ0v) is 21.0. The molecule has 4 aromatic rings. The second kappa shape index (κ2) is 9.79. The minimum absolute atomic E-state index is 0.0702. The molecule has 0 saturated carbocycles. The molecule has 35 heavy (non-hydrogen) atoms. The molecule has 0 bridgehead atoms. The minimum Gasteiger partial charge on any atom is -0.507 e. The average Bonchev–Trinajstić information content (AvgIpc) is 3.28. The predicted molar refractivity (Wildman–Crippen MR) is 134 cm³/mol. The fraction of sp³-hybridized carbons (Fsp3) is 0.125. The topological polar surface area (TPSA) is 105 Å². The Kier molecular flexibility index (Phi) is 6.95. The number of hydrogen-bond donors (Lipinski definition) is 2. The van der Waals surface area contributed by atoms with Crippen molar-refractivity contribution < 1.29 is 23.4 Å². The Bertz CT molecular complexity index is 1510. The first-order valence-electron chi connectivity index (χ1n) is 10.3. The van der Waals surface area contributed by atoms with Crippen LogP contribution in [-0.4, -0.2) is 46.9 Å². The maximum absolute atomic E-state index is 13.5. The quantitative estimate of drug-likeness (QED) is 0.343. The molecule has 0 amide bonds. The maximum atomic E-state index is 13.5. The third kappa shape index (κ3) is 4.81. The molecular weight excluding hydrogens is 513 g/mol. The number of halogens is 2. The Balaban J connectivity index is 1.77. The van der Waals surface area contributed by atoms with Gasteiger partial charge in [0.15, 0.2) is 0 Å². The lowest BCUT2D eigenvalue weighted by molar-refractivity contribution is 0.396. The third-order valence-electron chi connectivity index (χ3n) is 5.40. The second-order valence-electron chi connectivity index (χ2n) is 7.63. The summed E-state index contributed by atoms with van der Waals surface area (Å²) in [5.41, 5.74) is 1.61. The lowest BCUT2D eigenvalue weighted by Crippen LogP contribution is -2.27. The molecular formula is C24H21Cl2N3O5S. The Morgan fingerprint density at radius 1 is 1.03 bits per heavy atom. The number of phenolic OH excluding ortho intramolecular Hbond substituents is 2. The smallest absolute Gasteiger partial charge is 0.246 e. The third-order valence-corrected chi connectivity index (χ3v) is 7.79. The Morgan fingerprint density at radius 2 is 1.77 bits per heavy atom. The summed E-state index contributed by atoms with van der Waals surface area (Å²) in [6, 6.07) is 15.6. The monoisotopic (exact) mass is 533 g/mol. The Hall–Kier alpha value is -3.24. The summed E-state index contributed by atoms with van der Waals surface area (Å²) in [5.74, 6) is -0.454. The molecule has 3 aromatic carbocycles. The van der Waals surface area contributed by atoms with Gasteiger partial charge in [-0.05, 0) is 42.5 Å². The van der Waals surface area contributed by atoms with Crippen molar-refractivity contribution >= 4 is 33.2 Å². The summed E-state index contributed by atoms with van der Waals surface area (Å²) >= 11 is 12.4. The maximum Gasteiger partial charge on any atom is 0.246 e. The van der Waals surface area contributed by atoms with Gasteiger partial charge in [-0.15, -0.1) is 0 Å². The molecule has 1 heterocycles. The van der Waals surface area contributed by atoms with E-state index >= 15 is 0 Å². The van der Waals surface area contributed by atoms with E-state index in [0.29, 0.717) is 32.7 Å². The number of nitrogens with zero attached hydrogens (tertiary/aromatic N) is 3. The van der Waals surface area contributed by atoms with E-state index < -0.39 is 15.8 Å². The van der Waals surface area contributed by atoms with Crippen molar-refractivity contribution in [1.29, 1.82) is 0 Å². The molecule has 0 spiro atoms. The van der Waals surface area contributed by atoms with Crippen molar-refractivity contribution in [3.8, 4) is 34.2 Å². The van der Waals surface area contributed by atoms with Gasteiger partial charge in [-0.3, -0.25) is 0 Å². The van der Waals surface area contributed by atoms with Crippen LogP contribution in [0.5, 0.6) is 17.2 Å². The Labute approximate surface area is 212 Å². The number of phenols is 2. The van der Waals surface area contributed by atoms with Gasteiger partial charge < -0.3 is 14.9 Å². The van der Waals surface area contributed by atoms with Crippen LogP contribution in [0, 0.1) is 0 Å². The Morgan fingerprint density at radius 3 is 2.49 bits per heavy atom. The van der Waals surface area contributed by atoms with Gasteiger partial charge in [0, 0.05) is 35.8 Å². The highest BCUT2D eigenvalue weighted by atomic mass is 35.5. The molecule has 0 atom stereocenters. The first-order chi connectivity index (χ1) is 16.6. The van der Waals surface area contributed by atoms with Crippen LogP contribution < -0.4 is 4.74 Å². The molecule has 0 radical (unpaired) electrons. The van der Waals surface area contributed by atoms with Gasteiger partial charge in [0.25, 0.3) is 0 Å². The number of ether oxygens (including phenoxy) is 1. The van der Waals surface area contributed by atoms with Crippen LogP contribution in [0.3, 0.4) is 0 Å². The van der Waals surface area contributed by atoms with Crippen molar-refractivity contribution in [3.05, 3.63) is 82.5 Å². The van der Waals surface area contributed by atoms with Crippen LogP contribution in [0.25, 0.3) is 16.9 Å². The van der Waals surface area contributed by atoms with E-state index in [-0.39, 0.29) is 22.8 Å². The van der Waals surface area contributed by atoms with Crippen molar-refractivity contribution in [3.63, 3.8) is 0 Å². The molecule has 8 nitrogen and oxygen atoms in total. The summed E-state index contributed by atoms with van der Waals surface area (Å²) < 4.78 is 34.7. The van der Waals surface area contributed by atoms with Crippen molar-refractivity contribution in [1.82, 2.24) is 14.1 Å². The SMILES string of the molecule is COc1ccc(Cl)cc1CN(C)S(=O)(=O)c1cc(-c2ccnn2-c2ccccc2Cl)c(O)cc1O. The summed E-state index contributed by atoms with van der Waals surface area (Å²) in [4.78, 5) is -0.388. The molecule has 0 unspecified atom stereocenters. The van der Waals surface area contributed by atoms with E-state index in [0.717, 1.165) is 10.4 Å². The molecule has 0 aliphatic carbocycles. The van der Waals surface area contributed by atoms with Crippen LogP contribution in [0.4, 0.5) is 0 Å². The zero-order chi connectivity index (χ0) is 25.3. The van der Waals surface area contributed by atoms with E-state index in [9.17, 15) is 18.6 Å². The molecule has 2 N–H and O–H groups in total. The number of hydrogen-bond acceptors (Lipinski definition) is 6. The molecule has 1 aromatic heterocycles. The number of rotatable bonds is 7. The molecule has 4 rings (SSSR count). The summed E-state index contributed by atoms with van der Waals surface area (Å²) in [6.07, 6.45) is 1.50. The zero-order valence-electron chi connectivity index (χ0n) is 18.7. The number of methoxy groups -OCH3 is 1. The normalized spacial score (nSPS) is 11.7. The van der Waals surface area contributed by atoms with Gasteiger partial charge >= 0.3 is 0 Å². The number of aromatic nitrogens is 2. The van der Waals surface area contributed by atoms with Crippen LogP contribution in [0.1, 0.15) is 5.56 Å². The van der Waals surface area contributed by atoms with Gasteiger partial charge in [0.1, 0.15) is 22.1 Å². The van der Waals surface area contributed by atoms with Crippen LogP contribution in [0.15, 0.2) is 71.8 Å². The van der Waals surface area contributed by atoms with E-state index in [1.54, 1.807) is 48.5 Å². The average molecular weight is 534 g/mol. The number of aromatic hydroxyl groups is 2. The minimum atomic E-state index is -4.20. The highest BCUT2D eigenvalue weighted by Gasteiger charge is 2.28. The summed E-state index contributed by atoms with van der Waals surface area (Å²) in [7, 11) is -1.36. The number of para-hydroxylation sites is 1. The highest BCUT2D eigenvalue weighted by Crippen LogP contribution is 2.39. The lowest BCUT2D eigenvalue weighted by Gasteiger charge is -2.20. The first-order valence-corrected chi connectivity index (χ1v) is 12.5. The molecule has 11 heteroatoms. The number of sulfonamides is 1. The van der Waals surface area contributed by atoms with Crippen molar-refractivity contribution in [2.45, 2.75) is 11.4 Å². The molecule has 0 fully saturated rings. The summed E-state index contributed by atoms with van der Waals surface area (Å²) in [6.45, 7) is -0.0702. The molecule has 0 aliphatic heterocycles. The molecule has 0 saturated heterocycles. The fourth-order valence-corrected chi connectivity index (χ4v) is 5.30. The van der Waals surface area contributed by atoms with E-state index in [1.807, 2.05) is 0 Å². The first kappa shape index (κ1) is 24.9. The van der Waals surface area contributed by atoms with Gasteiger partial charge in [-0.25, -0.2) is 13.1 Å². The summed E-state index contributed by atoms with van der Waals surface area (Å²) in [5, 5.41) is 26.2. The van der Waals surface area contributed by atoms with Gasteiger partial charge in [0.05, 0.1) is 29.7 Å². The predicted octanol–water partition coefficient (Wildman–Crippen LogP) is 5.09. The van der Waals surface area contributed by atoms with E-state index in [1.165, 1.54) is 31.1 Å². The molecule has 182 valence electrons. The lowest BCUT2D eigenvalue weighted by atomic mass is 10.1. The molecule has 0 aliphatic rings. The van der Waals surface area contributed by atoms with Crippen LogP contribution in [0.2, 0.25) is 10.0 Å². The largest absolute Gasteiger partial charge is 0.507 e. The van der Waals surface area contributed by atoms with Gasteiger partial charge in [-0.1, -0.05) is 35.3 Å². The van der Waals surface area contributed by atoms with E-state index in [2.05, 4.69) is 5.10 Å². The van der Waals surface area contributed by atoms with Gasteiger partial charge in [0.2, 0.25) is 10.0 Å². The second-order valence-corrected chi connectivity index (χ2v) is 10.5. The van der Waals surface area contributed by atoms with Crippen LogP contribution in [-0.2, 0) is 16.6 Å². The van der Waals surface area contributed by atoms with Crippen LogP contribution >= 0.6 is 23.2 Å².